The Morgan fingerprint density at radius 2 is 1.73 bits per heavy atom. The predicted octanol–water partition coefficient (Wildman–Crippen LogP) is 5.84. The van der Waals surface area contributed by atoms with E-state index >= 15 is 0 Å². The zero-order valence-electron chi connectivity index (χ0n) is 25.9. The normalized spacial score (nSPS) is 19.2. The van der Waals surface area contributed by atoms with Gasteiger partial charge in [-0.15, -0.1) is 0 Å². The molecule has 2 aromatic carbocycles. The van der Waals surface area contributed by atoms with Gasteiger partial charge >= 0.3 is 0 Å². The molecular formula is C34H40ClN7O2. The molecule has 10 heteroatoms. The first-order valence-electron chi connectivity index (χ1n) is 15.4. The third-order valence-electron chi connectivity index (χ3n) is 9.12. The number of aromatic nitrogens is 3. The molecule has 3 heterocycles. The maximum absolute atomic E-state index is 14.4. The van der Waals surface area contributed by atoms with Crippen molar-refractivity contribution in [2.45, 2.75) is 58.5 Å². The number of pyridine rings is 1. The maximum Gasteiger partial charge on any atom is 0.260 e. The summed E-state index contributed by atoms with van der Waals surface area (Å²) < 4.78 is 1.85. The van der Waals surface area contributed by atoms with Crippen LogP contribution in [0.25, 0.3) is 22.2 Å². The first-order valence-corrected chi connectivity index (χ1v) is 15.8. The number of nitrogens with zero attached hydrogens (tertiary/aromatic N) is 5. The summed E-state index contributed by atoms with van der Waals surface area (Å²) in [4.78, 5) is 40.5. The minimum absolute atomic E-state index is 0.0253. The van der Waals surface area contributed by atoms with Gasteiger partial charge < -0.3 is 20.4 Å². The quantitative estimate of drug-likeness (QED) is 0.282. The van der Waals surface area contributed by atoms with Crippen molar-refractivity contribution in [1.29, 1.82) is 0 Å². The number of fused-ring (bicyclic) bond motifs is 1. The fourth-order valence-electron chi connectivity index (χ4n) is 6.74. The minimum Gasteiger partial charge on any atom is -0.369 e. The molecule has 2 aliphatic rings. The second kappa shape index (κ2) is 12.6. The molecule has 1 aliphatic carbocycles. The van der Waals surface area contributed by atoms with Crippen LogP contribution in [-0.2, 0) is 4.79 Å². The smallest absolute Gasteiger partial charge is 0.260 e. The molecule has 0 radical (unpaired) electrons. The van der Waals surface area contributed by atoms with Crippen LogP contribution >= 0.6 is 11.6 Å². The molecule has 1 amide bonds. The first-order chi connectivity index (χ1) is 21.2. The van der Waals surface area contributed by atoms with Crippen LogP contribution in [0.2, 0.25) is 5.02 Å². The zero-order valence-corrected chi connectivity index (χ0v) is 26.6. The minimum atomic E-state index is -0.108. The number of carbonyl (C=O) groups is 1. The van der Waals surface area contributed by atoms with Crippen molar-refractivity contribution in [1.82, 2.24) is 24.8 Å². The number of nitrogens with one attached hydrogen (secondary N) is 2. The fourth-order valence-corrected chi connectivity index (χ4v) is 6.97. The molecule has 2 aromatic heterocycles. The van der Waals surface area contributed by atoms with Crippen molar-refractivity contribution in [3.05, 3.63) is 75.2 Å². The van der Waals surface area contributed by atoms with Crippen LogP contribution in [0, 0.1) is 13.8 Å². The number of likely N-dealkylation sites (N-methyl/N-ethyl adjacent to an activating group) is 1. The van der Waals surface area contributed by atoms with Crippen LogP contribution in [0.1, 0.15) is 49.8 Å². The second-order valence-electron chi connectivity index (χ2n) is 12.2. The average Bonchev–Trinajstić information content (AvgIpc) is 2.99. The second-order valence-corrected chi connectivity index (χ2v) is 12.6. The first kappa shape index (κ1) is 30.1. The summed E-state index contributed by atoms with van der Waals surface area (Å²) in [5.41, 5.74) is 5.92. The van der Waals surface area contributed by atoms with Gasteiger partial charge in [0.15, 0.2) is 0 Å². The number of carbonyl (C=O) groups excluding carboxylic acids is 1. The van der Waals surface area contributed by atoms with Crippen molar-refractivity contribution < 1.29 is 4.79 Å². The highest BCUT2D eigenvalue weighted by atomic mass is 35.5. The maximum atomic E-state index is 14.4. The number of aryl methyl sites for hydroxylation is 2. The third kappa shape index (κ3) is 6.03. The highest BCUT2D eigenvalue weighted by molar-refractivity contribution is 6.33. The van der Waals surface area contributed by atoms with Gasteiger partial charge in [0.1, 0.15) is 5.65 Å². The van der Waals surface area contributed by atoms with E-state index in [0.29, 0.717) is 27.7 Å². The Balaban J connectivity index is 1.38. The molecule has 9 nitrogen and oxygen atoms in total. The molecule has 6 rings (SSSR count). The van der Waals surface area contributed by atoms with Crippen LogP contribution in [0.5, 0.6) is 0 Å². The van der Waals surface area contributed by atoms with E-state index in [0.717, 1.165) is 68.5 Å². The molecular weight excluding hydrogens is 574 g/mol. The molecule has 0 atom stereocenters. The van der Waals surface area contributed by atoms with Crippen molar-refractivity contribution in [2.75, 3.05) is 43.4 Å². The summed E-state index contributed by atoms with van der Waals surface area (Å²) in [6.45, 7) is 9.76. The number of hydrogen-bond donors (Lipinski definition) is 2. The van der Waals surface area contributed by atoms with Gasteiger partial charge in [0.25, 0.3) is 5.56 Å². The van der Waals surface area contributed by atoms with Gasteiger partial charge in [0.2, 0.25) is 11.9 Å². The summed E-state index contributed by atoms with van der Waals surface area (Å²) in [6, 6.07) is 13.9. The number of rotatable bonds is 6. The van der Waals surface area contributed by atoms with Crippen molar-refractivity contribution in [2.24, 2.45) is 0 Å². The summed E-state index contributed by atoms with van der Waals surface area (Å²) in [5.74, 6) is 0.414. The van der Waals surface area contributed by atoms with Gasteiger partial charge in [-0.05, 0) is 82.0 Å². The SMILES string of the molecule is CC(=O)NC1CCC(n2c(=O)c(-c3ccccc3Cl)c(C)c3cnc(Nc4ccc(N5CCN(C)CC5)c(C)c4)nc32)CC1. The number of anilines is 3. The van der Waals surface area contributed by atoms with Gasteiger partial charge in [-0.1, -0.05) is 29.8 Å². The Morgan fingerprint density at radius 3 is 2.41 bits per heavy atom. The van der Waals surface area contributed by atoms with E-state index in [9.17, 15) is 9.59 Å². The van der Waals surface area contributed by atoms with Gasteiger partial charge in [-0.2, -0.15) is 4.98 Å². The van der Waals surface area contributed by atoms with Crippen molar-refractivity contribution >= 4 is 45.9 Å². The molecule has 44 heavy (non-hydrogen) atoms. The van der Waals surface area contributed by atoms with Crippen LogP contribution in [0.4, 0.5) is 17.3 Å². The summed E-state index contributed by atoms with van der Waals surface area (Å²) >= 11 is 6.62. The Bertz CT molecular complexity index is 1760. The Hall–Kier alpha value is -3.95. The predicted molar refractivity (Wildman–Crippen MR) is 178 cm³/mol. The Labute approximate surface area is 263 Å². The zero-order chi connectivity index (χ0) is 31.0. The molecule has 230 valence electrons. The fraction of sp³-hybridized carbons (Fsp3) is 0.412. The van der Waals surface area contributed by atoms with Crippen molar-refractivity contribution in [3.63, 3.8) is 0 Å². The number of benzene rings is 2. The highest BCUT2D eigenvalue weighted by Gasteiger charge is 2.28. The van der Waals surface area contributed by atoms with Crippen LogP contribution in [-0.4, -0.2) is 64.6 Å². The molecule has 1 aliphatic heterocycles. The van der Waals surface area contributed by atoms with Gasteiger partial charge in [0.05, 0.1) is 5.56 Å². The molecule has 2 N–H and O–H groups in total. The molecule has 4 aromatic rings. The largest absolute Gasteiger partial charge is 0.369 e. The van der Waals surface area contributed by atoms with Gasteiger partial charge in [-0.25, -0.2) is 4.98 Å². The lowest BCUT2D eigenvalue weighted by atomic mass is 9.90. The van der Waals surface area contributed by atoms with Gasteiger partial charge in [-0.3, -0.25) is 14.2 Å². The number of amides is 1. The lowest BCUT2D eigenvalue weighted by Crippen LogP contribution is -2.44. The number of piperazine rings is 1. The van der Waals surface area contributed by atoms with Crippen molar-refractivity contribution in [3.8, 4) is 11.1 Å². The molecule has 1 saturated carbocycles. The summed E-state index contributed by atoms with van der Waals surface area (Å²) in [6.07, 6.45) is 4.91. The summed E-state index contributed by atoms with van der Waals surface area (Å²) in [5, 5.41) is 7.78. The molecule has 0 unspecified atom stereocenters. The van der Waals surface area contributed by atoms with E-state index in [1.807, 2.05) is 42.0 Å². The van der Waals surface area contributed by atoms with Crippen LogP contribution < -0.4 is 21.1 Å². The van der Waals surface area contributed by atoms with E-state index in [1.165, 1.54) is 11.3 Å². The lowest BCUT2D eigenvalue weighted by Gasteiger charge is -2.35. The highest BCUT2D eigenvalue weighted by Crippen LogP contribution is 2.35. The van der Waals surface area contributed by atoms with E-state index in [2.05, 4.69) is 52.6 Å². The van der Waals surface area contributed by atoms with E-state index < -0.39 is 0 Å². The number of halogens is 1. The van der Waals surface area contributed by atoms with E-state index in [1.54, 1.807) is 6.92 Å². The Morgan fingerprint density at radius 1 is 1.00 bits per heavy atom. The van der Waals surface area contributed by atoms with Gasteiger partial charge in [0, 0.05) is 78.7 Å². The summed E-state index contributed by atoms with van der Waals surface area (Å²) in [7, 11) is 2.16. The van der Waals surface area contributed by atoms with Crippen LogP contribution in [0.3, 0.4) is 0 Å². The molecule has 0 bridgehead atoms. The monoisotopic (exact) mass is 613 g/mol. The molecule has 2 fully saturated rings. The average molecular weight is 614 g/mol. The topological polar surface area (TPSA) is 95.4 Å². The third-order valence-corrected chi connectivity index (χ3v) is 9.45. The Kier molecular flexibility index (Phi) is 8.60. The van der Waals surface area contributed by atoms with Crippen LogP contribution in [0.15, 0.2) is 53.5 Å². The van der Waals surface area contributed by atoms with E-state index in [-0.39, 0.29) is 23.6 Å². The van der Waals surface area contributed by atoms with E-state index in [4.69, 9.17) is 21.6 Å². The number of hydrogen-bond acceptors (Lipinski definition) is 7. The molecule has 0 spiro atoms. The lowest BCUT2D eigenvalue weighted by molar-refractivity contribution is -0.119. The molecule has 1 saturated heterocycles. The standard InChI is InChI=1S/C34H40ClN7O2/c1-21-19-25(11-14-30(21)41-17-15-40(4)16-18-41)38-34-36-20-28-22(2)31(27-7-5-6-8-29(27)35)33(44)42(32(28)39-34)26-12-9-24(10-13-26)37-23(3)43/h5-8,11,14,19-20,24,26H,9-10,12-13,15-18H2,1-4H3,(H,37,43)(H,36,38,39).